The number of aryl methyl sites for hydroxylation is 1. The zero-order chi connectivity index (χ0) is 24.8. The Morgan fingerprint density at radius 1 is 1.18 bits per heavy atom. The fraction of sp³-hybridized carbons (Fsp3) is 0.474. The zero-order valence-electron chi connectivity index (χ0n) is 17.3. The number of aromatic nitrogens is 2. The summed E-state index contributed by atoms with van der Waals surface area (Å²) in [5.41, 5.74) is -1.19. The largest absolute Gasteiger partial charge is 0.467 e. The molecule has 0 spiro atoms. The molecule has 3 rings (SSSR count). The number of methoxy groups -OCH3 is 1. The molecule has 1 fully saturated rings. The number of rotatable bonds is 5. The van der Waals surface area contributed by atoms with Crippen LogP contribution >= 0.6 is 0 Å². The molecule has 0 bridgehead atoms. The van der Waals surface area contributed by atoms with E-state index in [2.05, 4.69) is 9.84 Å². The number of benzene rings is 1. The van der Waals surface area contributed by atoms with Crippen LogP contribution in [0.5, 0.6) is 0 Å². The van der Waals surface area contributed by atoms with E-state index in [1.807, 2.05) is 0 Å². The number of sulfone groups is 1. The molecule has 0 aliphatic carbocycles. The number of hydrogen-bond acceptors (Lipinski definition) is 6. The first kappa shape index (κ1) is 24.9. The predicted molar refractivity (Wildman–Crippen MR) is 103 cm³/mol. The minimum absolute atomic E-state index is 0.173. The van der Waals surface area contributed by atoms with E-state index in [4.69, 9.17) is 0 Å². The molecule has 0 saturated carbocycles. The van der Waals surface area contributed by atoms with Gasteiger partial charge >= 0.3 is 18.3 Å². The Labute approximate surface area is 184 Å². The van der Waals surface area contributed by atoms with Crippen LogP contribution < -0.4 is 4.90 Å². The standard InChI is InChI=1S/C19H19F6N3O4S/c1-11-7-16(28(26-11)10-18(20,21)22)27-9-12(8-14(27)17(29)32-2)33(30,31)15-6-4-3-5-13(15)19(23,24)25/h3-7,12,14H,8-10H2,1-2H3/t12-,14?/m1/s1. The van der Waals surface area contributed by atoms with Crippen LogP contribution in [0.25, 0.3) is 0 Å². The van der Waals surface area contributed by atoms with Gasteiger partial charge in [0, 0.05) is 12.6 Å². The van der Waals surface area contributed by atoms with Gasteiger partial charge < -0.3 is 9.64 Å². The van der Waals surface area contributed by atoms with E-state index < -0.39 is 69.4 Å². The molecule has 0 N–H and O–H groups in total. The van der Waals surface area contributed by atoms with Crippen molar-refractivity contribution >= 4 is 21.6 Å². The van der Waals surface area contributed by atoms with Gasteiger partial charge in [-0.2, -0.15) is 31.4 Å². The summed E-state index contributed by atoms with van der Waals surface area (Å²) in [5.74, 6) is -1.13. The van der Waals surface area contributed by atoms with E-state index in [0.29, 0.717) is 10.7 Å². The quantitative estimate of drug-likeness (QED) is 0.464. The van der Waals surface area contributed by atoms with Crippen molar-refractivity contribution in [3.8, 4) is 0 Å². The molecule has 33 heavy (non-hydrogen) atoms. The van der Waals surface area contributed by atoms with Crippen molar-refractivity contribution in [3.05, 3.63) is 41.6 Å². The summed E-state index contributed by atoms with van der Waals surface area (Å²) in [5, 5.41) is 2.24. The Kier molecular flexibility index (Phi) is 6.43. The monoisotopic (exact) mass is 499 g/mol. The first-order chi connectivity index (χ1) is 15.1. The summed E-state index contributed by atoms with van der Waals surface area (Å²) in [7, 11) is -3.62. The highest BCUT2D eigenvalue weighted by Crippen LogP contribution is 2.39. The van der Waals surface area contributed by atoms with Crippen LogP contribution in [0.2, 0.25) is 0 Å². The van der Waals surface area contributed by atoms with Crippen LogP contribution in [0.3, 0.4) is 0 Å². The molecular weight excluding hydrogens is 480 g/mol. The summed E-state index contributed by atoms with van der Waals surface area (Å²) >= 11 is 0. The Morgan fingerprint density at radius 3 is 2.39 bits per heavy atom. The fourth-order valence-electron chi connectivity index (χ4n) is 3.81. The van der Waals surface area contributed by atoms with Crippen LogP contribution in [0, 0.1) is 6.92 Å². The summed E-state index contributed by atoms with van der Waals surface area (Å²) in [6.07, 6.45) is -10.1. The van der Waals surface area contributed by atoms with Crippen molar-refractivity contribution in [2.24, 2.45) is 0 Å². The molecule has 14 heteroatoms. The summed E-state index contributed by atoms with van der Waals surface area (Å²) < 4.78 is 111. The van der Waals surface area contributed by atoms with E-state index in [0.717, 1.165) is 30.2 Å². The number of ether oxygens (including phenoxy) is 1. The van der Waals surface area contributed by atoms with Crippen LogP contribution in [-0.4, -0.2) is 55.3 Å². The maximum atomic E-state index is 13.4. The van der Waals surface area contributed by atoms with E-state index in [9.17, 15) is 39.6 Å². The third-order valence-electron chi connectivity index (χ3n) is 5.18. The molecule has 1 aromatic carbocycles. The van der Waals surface area contributed by atoms with Crippen molar-refractivity contribution in [2.75, 3.05) is 18.6 Å². The molecule has 2 atom stereocenters. The van der Waals surface area contributed by atoms with E-state index >= 15 is 0 Å². The lowest BCUT2D eigenvalue weighted by Crippen LogP contribution is -2.39. The molecule has 1 aliphatic rings. The Morgan fingerprint density at radius 2 is 1.82 bits per heavy atom. The molecule has 182 valence electrons. The molecule has 1 aromatic heterocycles. The second-order valence-corrected chi connectivity index (χ2v) is 9.70. The van der Waals surface area contributed by atoms with E-state index in [-0.39, 0.29) is 11.5 Å². The summed E-state index contributed by atoms with van der Waals surface area (Å²) in [6.45, 7) is -0.625. The second-order valence-electron chi connectivity index (χ2n) is 7.50. The zero-order valence-corrected chi connectivity index (χ0v) is 18.1. The van der Waals surface area contributed by atoms with E-state index in [1.165, 1.54) is 13.0 Å². The van der Waals surface area contributed by atoms with Crippen LogP contribution in [-0.2, 0) is 32.1 Å². The number of esters is 1. The Hall–Kier alpha value is -2.77. The lowest BCUT2D eigenvalue weighted by Gasteiger charge is -2.25. The molecule has 0 radical (unpaired) electrons. The lowest BCUT2D eigenvalue weighted by molar-refractivity contribution is -0.142. The average Bonchev–Trinajstić information content (AvgIpc) is 3.29. The molecule has 1 aliphatic heterocycles. The molecule has 2 aromatic rings. The van der Waals surface area contributed by atoms with Crippen molar-refractivity contribution in [2.45, 2.75) is 48.4 Å². The van der Waals surface area contributed by atoms with Gasteiger partial charge in [-0.25, -0.2) is 17.9 Å². The highest BCUT2D eigenvalue weighted by atomic mass is 32.2. The molecule has 0 amide bonds. The number of nitrogens with zero attached hydrogens (tertiary/aromatic N) is 3. The molecule has 2 heterocycles. The SMILES string of the molecule is COC(=O)C1C[C@@H](S(=O)(=O)c2ccccc2C(F)(F)F)CN1c1cc(C)nn1CC(F)(F)F. The van der Waals surface area contributed by atoms with Gasteiger partial charge in [0.15, 0.2) is 9.84 Å². The maximum Gasteiger partial charge on any atom is 0.417 e. The third-order valence-corrected chi connectivity index (χ3v) is 7.37. The predicted octanol–water partition coefficient (Wildman–Crippen LogP) is 3.37. The van der Waals surface area contributed by atoms with Crippen molar-refractivity contribution < 1.29 is 44.3 Å². The van der Waals surface area contributed by atoms with Crippen LogP contribution in [0.15, 0.2) is 35.2 Å². The fourth-order valence-corrected chi connectivity index (χ4v) is 5.72. The highest BCUT2D eigenvalue weighted by Gasteiger charge is 2.47. The Bertz CT molecular complexity index is 1140. The van der Waals surface area contributed by atoms with Gasteiger partial charge in [-0.1, -0.05) is 12.1 Å². The first-order valence-corrected chi connectivity index (χ1v) is 11.1. The molecule has 7 nitrogen and oxygen atoms in total. The number of carbonyl (C=O) groups excluding carboxylic acids is 1. The van der Waals surface area contributed by atoms with E-state index in [1.54, 1.807) is 0 Å². The summed E-state index contributed by atoms with van der Waals surface area (Å²) in [4.78, 5) is 12.5. The topological polar surface area (TPSA) is 81.5 Å². The summed E-state index contributed by atoms with van der Waals surface area (Å²) in [6, 6.07) is 3.51. The average molecular weight is 499 g/mol. The van der Waals surface area contributed by atoms with Gasteiger partial charge in [-0.15, -0.1) is 0 Å². The molecule has 1 unspecified atom stereocenters. The van der Waals surface area contributed by atoms with Crippen molar-refractivity contribution in [1.29, 1.82) is 0 Å². The van der Waals surface area contributed by atoms with Gasteiger partial charge in [0.1, 0.15) is 18.4 Å². The number of halogens is 6. The number of alkyl halides is 6. The lowest BCUT2D eigenvalue weighted by atomic mass is 10.2. The van der Waals surface area contributed by atoms with Crippen LogP contribution in [0.4, 0.5) is 32.2 Å². The number of hydrogen-bond donors (Lipinski definition) is 0. The van der Waals surface area contributed by atoms with Crippen molar-refractivity contribution in [1.82, 2.24) is 9.78 Å². The molecular formula is C19H19F6N3O4S. The number of anilines is 1. The van der Waals surface area contributed by atoms with Gasteiger partial charge in [-0.05, 0) is 25.5 Å². The maximum absolute atomic E-state index is 13.4. The molecule has 1 saturated heterocycles. The minimum atomic E-state index is -4.95. The first-order valence-electron chi connectivity index (χ1n) is 9.51. The van der Waals surface area contributed by atoms with Gasteiger partial charge in [0.25, 0.3) is 0 Å². The van der Waals surface area contributed by atoms with Gasteiger partial charge in [-0.3, -0.25) is 0 Å². The van der Waals surface area contributed by atoms with Crippen molar-refractivity contribution in [3.63, 3.8) is 0 Å². The van der Waals surface area contributed by atoms with Crippen LogP contribution in [0.1, 0.15) is 17.7 Å². The highest BCUT2D eigenvalue weighted by molar-refractivity contribution is 7.92. The normalized spacial score (nSPS) is 19.7. The Balaban J connectivity index is 2.05. The minimum Gasteiger partial charge on any atom is -0.467 e. The van der Waals surface area contributed by atoms with Gasteiger partial charge in [0.05, 0.1) is 28.5 Å². The third kappa shape index (κ3) is 5.09. The number of carbonyl (C=O) groups is 1. The smallest absolute Gasteiger partial charge is 0.417 e. The second kappa shape index (κ2) is 8.54. The van der Waals surface area contributed by atoms with Gasteiger partial charge in [0.2, 0.25) is 0 Å².